The maximum absolute atomic E-state index is 14.2. The molecular weight excluding hydrogens is 425 g/mol. The quantitative estimate of drug-likeness (QED) is 0.481. The molecule has 0 saturated heterocycles. The number of amides is 1. The van der Waals surface area contributed by atoms with Crippen LogP contribution in [0.2, 0.25) is 0 Å². The minimum atomic E-state index is -1.04. The summed E-state index contributed by atoms with van der Waals surface area (Å²) in [5.41, 5.74) is 11.3. The summed E-state index contributed by atoms with van der Waals surface area (Å²) >= 11 is 0. The van der Waals surface area contributed by atoms with E-state index in [1.165, 1.54) is 30.6 Å². The van der Waals surface area contributed by atoms with Gasteiger partial charge in [-0.3, -0.25) is 10.3 Å². The van der Waals surface area contributed by atoms with E-state index in [-0.39, 0.29) is 11.4 Å². The standard InChI is InChI=1S/C24H26FN5O3/c1-23(2,3)33-22(31)30-17-7-6-16(29-14-17)9-11-24(4)20(10-12-28-21(24)27)32-19-8-5-15(26)13-18(19)25/h5-8,10,12-14,21H,26-27H2,1-4H3,(H,30,31). The minimum absolute atomic E-state index is 0.00155. The highest BCUT2D eigenvalue weighted by molar-refractivity contribution is 5.84. The summed E-state index contributed by atoms with van der Waals surface area (Å²) in [6.07, 6.45) is 3.23. The molecule has 2 aromatic rings. The summed E-state index contributed by atoms with van der Waals surface area (Å²) in [6.45, 7) is 7.08. The number of halogens is 1. The zero-order chi connectivity index (χ0) is 24.2. The number of nitrogen functional groups attached to an aromatic ring is 1. The molecule has 1 aromatic carbocycles. The van der Waals surface area contributed by atoms with Crippen LogP contribution in [0.1, 0.15) is 33.4 Å². The van der Waals surface area contributed by atoms with Crippen LogP contribution in [0.4, 0.5) is 20.6 Å². The first-order valence-electron chi connectivity index (χ1n) is 10.2. The van der Waals surface area contributed by atoms with E-state index in [1.807, 2.05) is 0 Å². The van der Waals surface area contributed by atoms with Gasteiger partial charge < -0.3 is 20.9 Å². The largest absolute Gasteiger partial charge is 0.457 e. The Labute approximate surface area is 191 Å². The fourth-order valence-electron chi connectivity index (χ4n) is 2.82. The van der Waals surface area contributed by atoms with E-state index in [2.05, 4.69) is 27.1 Å². The maximum atomic E-state index is 14.2. The number of rotatable bonds is 3. The molecule has 1 aliphatic rings. The summed E-state index contributed by atoms with van der Waals surface area (Å²) in [4.78, 5) is 20.3. The Morgan fingerprint density at radius 1 is 1.27 bits per heavy atom. The second-order valence-electron chi connectivity index (χ2n) is 8.58. The van der Waals surface area contributed by atoms with Gasteiger partial charge in [0, 0.05) is 18.0 Å². The lowest BCUT2D eigenvalue weighted by Crippen LogP contribution is -2.42. The second kappa shape index (κ2) is 9.30. The van der Waals surface area contributed by atoms with Crippen molar-refractivity contribution < 1.29 is 18.7 Å². The van der Waals surface area contributed by atoms with Gasteiger partial charge in [-0.25, -0.2) is 14.2 Å². The lowest BCUT2D eigenvalue weighted by Gasteiger charge is -2.32. The minimum Gasteiger partial charge on any atom is -0.457 e. The molecule has 33 heavy (non-hydrogen) atoms. The van der Waals surface area contributed by atoms with Crippen molar-refractivity contribution in [1.82, 2.24) is 4.98 Å². The lowest BCUT2D eigenvalue weighted by molar-refractivity contribution is 0.0636. The molecule has 3 rings (SSSR count). The molecule has 0 bridgehead atoms. The van der Waals surface area contributed by atoms with Gasteiger partial charge in [-0.1, -0.05) is 5.92 Å². The smallest absolute Gasteiger partial charge is 0.412 e. The van der Waals surface area contributed by atoms with E-state index in [1.54, 1.807) is 45.9 Å². The number of hydrogen-bond donors (Lipinski definition) is 3. The topological polar surface area (TPSA) is 125 Å². The van der Waals surface area contributed by atoms with Gasteiger partial charge in [0.2, 0.25) is 0 Å². The Morgan fingerprint density at radius 2 is 2.03 bits per heavy atom. The normalized spacial score (nSPS) is 19.7. The molecule has 1 aliphatic heterocycles. The van der Waals surface area contributed by atoms with Crippen molar-refractivity contribution in [3.63, 3.8) is 0 Å². The molecule has 2 heterocycles. The van der Waals surface area contributed by atoms with Crippen molar-refractivity contribution in [2.75, 3.05) is 11.1 Å². The van der Waals surface area contributed by atoms with Crippen LogP contribution in [0.25, 0.3) is 0 Å². The number of aliphatic imine (C=N–C) groups is 1. The van der Waals surface area contributed by atoms with E-state index in [0.29, 0.717) is 17.1 Å². The molecule has 0 fully saturated rings. The predicted molar refractivity (Wildman–Crippen MR) is 125 cm³/mol. The number of anilines is 2. The number of ether oxygens (including phenoxy) is 2. The zero-order valence-electron chi connectivity index (χ0n) is 18.8. The third kappa shape index (κ3) is 6.08. The van der Waals surface area contributed by atoms with Crippen molar-refractivity contribution >= 4 is 23.7 Å². The van der Waals surface area contributed by atoms with Crippen LogP contribution in [0.3, 0.4) is 0 Å². The van der Waals surface area contributed by atoms with E-state index in [4.69, 9.17) is 20.9 Å². The van der Waals surface area contributed by atoms with Gasteiger partial charge in [0.15, 0.2) is 11.6 Å². The van der Waals surface area contributed by atoms with Crippen LogP contribution in [0, 0.1) is 23.1 Å². The van der Waals surface area contributed by atoms with Crippen LogP contribution < -0.4 is 21.5 Å². The Hall–Kier alpha value is -3.90. The number of carbonyl (C=O) groups is 1. The van der Waals surface area contributed by atoms with Crippen molar-refractivity contribution in [2.45, 2.75) is 39.5 Å². The molecule has 1 amide bonds. The maximum Gasteiger partial charge on any atom is 0.412 e. The summed E-state index contributed by atoms with van der Waals surface area (Å²) in [5.74, 6) is 5.74. The number of allylic oxidation sites excluding steroid dienone is 1. The number of dihydropyridines is 1. The van der Waals surface area contributed by atoms with Gasteiger partial charge >= 0.3 is 6.09 Å². The Kier molecular flexibility index (Phi) is 6.70. The van der Waals surface area contributed by atoms with Crippen LogP contribution in [-0.4, -0.2) is 29.1 Å². The van der Waals surface area contributed by atoms with E-state index >= 15 is 0 Å². The highest BCUT2D eigenvalue weighted by Gasteiger charge is 2.38. The molecule has 0 radical (unpaired) electrons. The molecule has 0 aliphatic carbocycles. The fourth-order valence-corrected chi connectivity index (χ4v) is 2.82. The van der Waals surface area contributed by atoms with Gasteiger partial charge in [-0.05, 0) is 64.0 Å². The van der Waals surface area contributed by atoms with Crippen molar-refractivity contribution in [2.24, 2.45) is 16.1 Å². The summed E-state index contributed by atoms with van der Waals surface area (Å²) < 4.78 is 25.2. The monoisotopic (exact) mass is 451 g/mol. The van der Waals surface area contributed by atoms with Crippen molar-refractivity contribution in [3.8, 4) is 17.6 Å². The van der Waals surface area contributed by atoms with Gasteiger partial charge in [-0.15, -0.1) is 0 Å². The first-order valence-corrected chi connectivity index (χ1v) is 10.2. The molecular formula is C24H26FN5O3. The van der Waals surface area contributed by atoms with Crippen LogP contribution in [0.15, 0.2) is 53.4 Å². The predicted octanol–water partition coefficient (Wildman–Crippen LogP) is 3.84. The molecule has 5 N–H and O–H groups in total. The average molecular weight is 452 g/mol. The average Bonchev–Trinajstić information content (AvgIpc) is 2.71. The number of nitrogens with one attached hydrogen (secondary N) is 1. The van der Waals surface area contributed by atoms with E-state index < -0.39 is 29.1 Å². The van der Waals surface area contributed by atoms with Crippen LogP contribution >= 0.6 is 0 Å². The summed E-state index contributed by atoms with van der Waals surface area (Å²) in [7, 11) is 0. The number of benzene rings is 1. The first kappa shape index (κ1) is 23.8. The molecule has 0 saturated carbocycles. The molecule has 1 aromatic heterocycles. The number of hydrogen-bond acceptors (Lipinski definition) is 7. The Balaban J connectivity index is 1.78. The van der Waals surface area contributed by atoms with Gasteiger partial charge in [0.05, 0.1) is 11.9 Å². The number of pyridine rings is 1. The SMILES string of the molecule is CC(C)(C)OC(=O)Nc1ccc(C#CC2(C)C(Oc3ccc(N)cc3F)=CC=NC2N)nc1. The highest BCUT2D eigenvalue weighted by atomic mass is 19.1. The number of carbonyl (C=O) groups excluding carboxylic acids is 1. The number of aromatic nitrogens is 1. The number of nitrogens with zero attached hydrogens (tertiary/aromatic N) is 2. The van der Waals surface area contributed by atoms with E-state index in [0.717, 1.165) is 0 Å². The molecule has 0 spiro atoms. The molecule has 2 unspecified atom stereocenters. The molecule has 2 atom stereocenters. The Morgan fingerprint density at radius 3 is 2.67 bits per heavy atom. The molecule has 8 nitrogen and oxygen atoms in total. The van der Waals surface area contributed by atoms with Crippen LogP contribution in [0.5, 0.6) is 5.75 Å². The third-order valence-electron chi connectivity index (χ3n) is 4.61. The fraction of sp³-hybridized carbons (Fsp3) is 0.292. The van der Waals surface area contributed by atoms with Crippen molar-refractivity contribution in [1.29, 1.82) is 0 Å². The summed E-state index contributed by atoms with van der Waals surface area (Å²) in [5, 5.41) is 2.60. The molecule has 9 heteroatoms. The first-order chi connectivity index (χ1) is 15.5. The van der Waals surface area contributed by atoms with Gasteiger partial charge in [0.25, 0.3) is 0 Å². The second-order valence-corrected chi connectivity index (χ2v) is 8.58. The van der Waals surface area contributed by atoms with Gasteiger partial charge in [-0.2, -0.15) is 0 Å². The van der Waals surface area contributed by atoms with E-state index in [9.17, 15) is 9.18 Å². The van der Waals surface area contributed by atoms with Gasteiger partial charge in [0.1, 0.15) is 28.6 Å². The van der Waals surface area contributed by atoms with Crippen LogP contribution in [-0.2, 0) is 4.74 Å². The summed E-state index contributed by atoms with van der Waals surface area (Å²) in [6, 6.07) is 7.44. The molecule has 172 valence electrons. The third-order valence-corrected chi connectivity index (χ3v) is 4.61. The Bertz CT molecular complexity index is 1160. The highest BCUT2D eigenvalue weighted by Crippen LogP contribution is 2.35. The van der Waals surface area contributed by atoms with Crippen molar-refractivity contribution in [3.05, 3.63) is 59.9 Å². The number of nitrogens with two attached hydrogens (primary N) is 2. The lowest BCUT2D eigenvalue weighted by atomic mass is 9.84. The zero-order valence-corrected chi connectivity index (χ0v) is 18.8.